The molecule has 1 unspecified atom stereocenters. The Morgan fingerprint density at radius 2 is 1.80 bits per heavy atom. The van der Waals surface area contributed by atoms with E-state index in [2.05, 4.69) is 0 Å². The summed E-state index contributed by atoms with van der Waals surface area (Å²) in [6, 6.07) is 0. The Kier molecular flexibility index (Phi) is 1.32. The van der Waals surface area contributed by atoms with Crippen LogP contribution < -0.4 is 0 Å². The monoisotopic (exact) mass is 142 g/mol. The van der Waals surface area contributed by atoms with Crippen molar-refractivity contribution >= 4 is 5.97 Å². The van der Waals surface area contributed by atoms with E-state index in [-0.39, 0.29) is 5.41 Å². The maximum Gasteiger partial charge on any atom is 0.309 e. The van der Waals surface area contributed by atoms with E-state index in [1.54, 1.807) is 0 Å². The van der Waals surface area contributed by atoms with Gasteiger partial charge in [0.15, 0.2) is 0 Å². The third-order valence-electron chi connectivity index (χ3n) is 3.22. The van der Waals surface area contributed by atoms with E-state index >= 15 is 0 Å². The molecule has 1 aliphatic carbocycles. The van der Waals surface area contributed by atoms with Gasteiger partial charge in [-0.2, -0.15) is 0 Å². The molecule has 0 heterocycles. The molecule has 0 amide bonds. The van der Waals surface area contributed by atoms with Crippen LogP contribution in [0.4, 0.5) is 0 Å². The van der Waals surface area contributed by atoms with Gasteiger partial charge in [0.2, 0.25) is 0 Å². The molecule has 1 saturated carbocycles. The average Bonchev–Trinajstić information content (AvgIpc) is 1.83. The number of rotatable bonds is 1. The van der Waals surface area contributed by atoms with Gasteiger partial charge in [-0.3, -0.25) is 4.79 Å². The summed E-state index contributed by atoms with van der Waals surface area (Å²) in [6.07, 6.45) is 1.87. The van der Waals surface area contributed by atoms with Crippen LogP contribution in [0.15, 0.2) is 0 Å². The molecule has 10 heavy (non-hydrogen) atoms. The third kappa shape index (κ3) is 0.678. The molecular formula is C8H14O2. The van der Waals surface area contributed by atoms with Gasteiger partial charge in [-0.25, -0.2) is 0 Å². The van der Waals surface area contributed by atoms with Crippen LogP contribution in [0.5, 0.6) is 0 Å². The summed E-state index contributed by atoms with van der Waals surface area (Å²) in [7, 11) is 0. The minimum Gasteiger partial charge on any atom is -0.481 e. The lowest BCUT2D eigenvalue weighted by Gasteiger charge is -2.51. The molecule has 2 heteroatoms. The number of carbonyl (C=O) groups is 1. The minimum absolute atomic E-state index is 0.00116. The zero-order valence-corrected chi connectivity index (χ0v) is 6.77. The average molecular weight is 142 g/mol. The molecule has 0 saturated heterocycles. The van der Waals surface area contributed by atoms with Crippen LogP contribution in [-0.2, 0) is 4.79 Å². The van der Waals surface area contributed by atoms with E-state index in [0.29, 0.717) is 0 Å². The zero-order chi connectivity index (χ0) is 7.99. The molecule has 0 aromatic heterocycles. The van der Waals surface area contributed by atoms with Gasteiger partial charge in [-0.1, -0.05) is 13.8 Å². The lowest BCUT2D eigenvalue weighted by molar-refractivity contribution is -0.167. The first-order valence-corrected chi connectivity index (χ1v) is 3.63. The third-order valence-corrected chi connectivity index (χ3v) is 3.22. The second kappa shape index (κ2) is 1.74. The highest BCUT2D eigenvalue weighted by atomic mass is 16.4. The Labute approximate surface area is 61.2 Å². The number of carboxylic acid groups (broad SMARTS) is 1. The van der Waals surface area contributed by atoms with E-state index in [0.717, 1.165) is 12.8 Å². The predicted molar refractivity (Wildman–Crippen MR) is 38.8 cm³/mol. The largest absolute Gasteiger partial charge is 0.481 e. The van der Waals surface area contributed by atoms with Crippen molar-refractivity contribution in [2.45, 2.75) is 33.6 Å². The Hall–Kier alpha value is -0.530. The molecule has 0 bridgehead atoms. The van der Waals surface area contributed by atoms with E-state index in [4.69, 9.17) is 5.11 Å². The summed E-state index contributed by atoms with van der Waals surface area (Å²) in [5, 5.41) is 8.83. The normalized spacial score (nSPS) is 36.7. The first-order valence-electron chi connectivity index (χ1n) is 3.63. The summed E-state index contributed by atoms with van der Waals surface area (Å²) in [5.41, 5.74) is -0.466. The van der Waals surface area contributed by atoms with Crippen LogP contribution >= 0.6 is 0 Å². The Morgan fingerprint density at radius 3 is 1.80 bits per heavy atom. The first kappa shape index (κ1) is 7.58. The van der Waals surface area contributed by atoms with Crippen LogP contribution in [0.3, 0.4) is 0 Å². The first-order chi connectivity index (χ1) is 4.40. The summed E-state index contributed by atoms with van der Waals surface area (Å²) in [4.78, 5) is 10.7. The molecule has 0 aromatic rings. The fourth-order valence-corrected chi connectivity index (χ4v) is 1.40. The molecule has 1 atom stereocenters. The molecule has 0 spiro atoms. The van der Waals surface area contributed by atoms with Gasteiger partial charge in [-0.05, 0) is 25.2 Å². The van der Waals surface area contributed by atoms with Crippen LogP contribution in [0.2, 0.25) is 0 Å². The van der Waals surface area contributed by atoms with E-state index in [1.807, 2.05) is 20.8 Å². The van der Waals surface area contributed by atoms with Gasteiger partial charge in [0.25, 0.3) is 0 Å². The van der Waals surface area contributed by atoms with Crippen molar-refractivity contribution in [3.8, 4) is 0 Å². The molecule has 0 aromatic carbocycles. The molecule has 2 nitrogen and oxygen atoms in total. The van der Waals surface area contributed by atoms with Gasteiger partial charge in [0.1, 0.15) is 0 Å². The molecule has 1 rings (SSSR count). The lowest BCUT2D eigenvalue weighted by Crippen LogP contribution is -2.50. The lowest BCUT2D eigenvalue weighted by atomic mass is 9.52. The second-order valence-corrected chi connectivity index (χ2v) is 4.02. The molecule has 58 valence electrons. The van der Waals surface area contributed by atoms with Gasteiger partial charge >= 0.3 is 5.97 Å². The quantitative estimate of drug-likeness (QED) is 0.607. The predicted octanol–water partition coefficient (Wildman–Crippen LogP) is 1.90. The zero-order valence-electron chi connectivity index (χ0n) is 6.77. The topological polar surface area (TPSA) is 37.3 Å². The van der Waals surface area contributed by atoms with Crippen molar-refractivity contribution in [3.05, 3.63) is 0 Å². The molecule has 0 aliphatic heterocycles. The highest BCUT2D eigenvalue weighted by Crippen LogP contribution is 2.56. The molecule has 1 aliphatic rings. The maximum atomic E-state index is 10.7. The van der Waals surface area contributed by atoms with Crippen molar-refractivity contribution in [2.75, 3.05) is 0 Å². The number of carboxylic acids is 1. The van der Waals surface area contributed by atoms with E-state index in [9.17, 15) is 4.79 Å². The van der Waals surface area contributed by atoms with E-state index < -0.39 is 11.4 Å². The van der Waals surface area contributed by atoms with Crippen LogP contribution in [-0.4, -0.2) is 11.1 Å². The summed E-state index contributed by atoms with van der Waals surface area (Å²) >= 11 is 0. The number of aliphatic carboxylic acids is 1. The fourth-order valence-electron chi connectivity index (χ4n) is 1.40. The summed E-state index contributed by atoms with van der Waals surface area (Å²) in [5.74, 6) is -0.649. The highest BCUT2D eigenvalue weighted by molar-refractivity contribution is 5.76. The molecule has 0 radical (unpaired) electrons. The van der Waals surface area contributed by atoms with Gasteiger partial charge in [0, 0.05) is 0 Å². The molecular weight excluding hydrogens is 128 g/mol. The number of hydrogen-bond donors (Lipinski definition) is 1. The second-order valence-electron chi connectivity index (χ2n) is 4.02. The SMILES string of the molecule is CC1(C)CCC1(C)C(=O)O. The van der Waals surface area contributed by atoms with Crippen molar-refractivity contribution in [1.82, 2.24) is 0 Å². The standard InChI is InChI=1S/C8H14O2/c1-7(2)4-5-8(7,3)6(9)10/h4-5H2,1-3H3,(H,9,10). The van der Waals surface area contributed by atoms with Gasteiger partial charge in [0.05, 0.1) is 5.41 Å². The summed E-state index contributed by atoms with van der Waals surface area (Å²) < 4.78 is 0. The summed E-state index contributed by atoms with van der Waals surface area (Å²) in [6.45, 7) is 5.87. The number of hydrogen-bond acceptors (Lipinski definition) is 1. The molecule has 1 fully saturated rings. The van der Waals surface area contributed by atoms with Crippen LogP contribution in [0, 0.1) is 10.8 Å². The fraction of sp³-hybridized carbons (Fsp3) is 0.875. The van der Waals surface area contributed by atoms with Crippen molar-refractivity contribution in [3.63, 3.8) is 0 Å². The highest BCUT2D eigenvalue weighted by Gasteiger charge is 2.54. The van der Waals surface area contributed by atoms with Gasteiger partial charge in [-0.15, -0.1) is 0 Å². The van der Waals surface area contributed by atoms with Gasteiger partial charge < -0.3 is 5.11 Å². The Morgan fingerprint density at radius 1 is 1.30 bits per heavy atom. The Balaban J connectivity index is 2.81. The van der Waals surface area contributed by atoms with Crippen molar-refractivity contribution in [2.24, 2.45) is 10.8 Å². The van der Waals surface area contributed by atoms with Crippen LogP contribution in [0.1, 0.15) is 33.6 Å². The van der Waals surface area contributed by atoms with Crippen molar-refractivity contribution < 1.29 is 9.90 Å². The van der Waals surface area contributed by atoms with Crippen LogP contribution in [0.25, 0.3) is 0 Å². The maximum absolute atomic E-state index is 10.7. The Bertz CT molecular complexity index is 172. The molecule has 1 N–H and O–H groups in total. The van der Waals surface area contributed by atoms with E-state index in [1.165, 1.54) is 0 Å². The minimum atomic E-state index is -0.649. The van der Waals surface area contributed by atoms with Crippen molar-refractivity contribution in [1.29, 1.82) is 0 Å². The smallest absolute Gasteiger partial charge is 0.309 e.